The fraction of sp³-hybridized carbons (Fsp3) is 1.00. The molecule has 0 amide bonds. The van der Waals surface area contributed by atoms with Gasteiger partial charge < -0.3 is 15.5 Å². The number of hydrogen-bond donors (Lipinski definition) is 1. The van der Waals surface area contributed by atoms with Gasteiger partial charge in [0.25, 0.3) is 0 Å². The van der Waals surface area contributed by atoms with Crippen LogP contribution >= 0.6 is 0 Å². The van der Waals surface area contributed by atoms with Gasteiger partial charge in [0.15, 0.2) is 0 Å². The molecule has 0 spiro atoms. The Morgan fingerprint density at radius 3 is 2.07 bits per heavy atom. The molecule has 0 bridgehead atoms. The second-order valence-corrected chi connectivity index (χ2v) is 5.26. The monoisotopic (exact) mass is 201 g/mol. The van der Waals surface area contributed by atoms with Gasteiger partial charge in [-0.05, 0) is 52.6 Å². The van der Waals surface area contributed by atoms with E-state index in [0.29, 0.717) is 0 Å². The molecular formula is C11H27N3. The maximum absolute atomic E-state index is 5.70. The summed E-state index contributed by atoms with van der Waals surface area (Å²) in [5.41, 5.74) is 5.94. The topological polar surface area (TPSA) is 32.5 Å². The molecule has 0 aromatic carbocycles. The molecule has 0 fully saturated rings. The average molecular weight is 201 g/mol. The molecule has 3 heteroatoms. The van der Waals surface area contributed by atoms with Crippen molar-refractivity contribution in [2.45, 2.75) is 20.3 Å². The second kappa shape index (κ2) is 6.38. The Hall–Kier alpha value is -0.120. The van der Waals surface area contributed by atoms with Gasteiger partial charge >= 0.3 is 0 Å². The smallest absolute Gasteiger partial charge is 0.00417 e. The fourth-order valence-corrected chi connectivity index (χ4v) is 1.53. The van der Waals surface area contributed by atoms with Crippen LogP contribution in [0.2, 0.25) is 0 Å². The van der Waals surface area contributed by atoms with Crippen LogP contribution < -0.4 is 5.73 Å². The van der Waals surface area contributed by atoms with E-state index in [9.17, 15) is 0 Å². The highest BCUT2D eigenvalue weighted by Gasteiger charge is 2.17. The van der Waals surface area contributed by atoms with E-state index in [1.165, 1.54) is 6.42 Å². The zero-order valence-electron chi connectivity index (χ0n) is 10.5. The van der Waals surface area contributed by atoms with Crippen molar-refractivity contribution in [3.63, 3.8) is 0 Å². The third-order valence-electron chi connectivity index (χ3n) is 2.40. The first-order valence-electron chi connectivity index (χ1n) is 5.41. The Balaban J connectivity index is 3.60. The molecule has 2 N–H and O–H groups in total. The van der Waals surface area contributed by atoms with Crippen molar-refractivity contribution in [3.8, 4) is 0 Å². The molecule has 0 atom stereocenters. The molecule has 0 aliphatic heterocycles. The largest absolute Gasteiger partial charge is 0.330 e. The van der Waals surface area contributed by atoms with Crippen LogP contribution in [0, 0.1) is 5.41 Å². The third-order valence-corrected chi connectivity index (χ3v) is 2.40. The summed E-state index contributed by atoms with van der Waals surface area (Å²) in [4.78, 5) is 4.60. The molecule has 0 unspecified atom stereocenters. The highest BCUT2D eigenvalue weighted by Crippen LogP contribution is 2.13. The van der Waals surface area contributed by atoms with Gasteiger partial charge in [-0.1, -0.05) is 13.8 Å². The van der Waals surface area contributed by atoms with Crippen molar-refractivity contribution in [1.82, 2.24) is 9.80 Å². The normalized spacial score (nSPS) is 12.9. The summed E-state index contributed by atoms with van der Waals surface area (Å²) in [5, 5.41) is 0. The minimum absolute atomic E-state index is 0.243. The van der Waals surface area contributed by atoms with Crippen LogP contribution in [0.3, 0.4) is 0 Å². The summed E-state index contributed by atoms with van der Waals surface area (Å²) < 4.78 is 0. The van der Waals surface area contributed by atoms with Crippen molar-refractivity contribution < 1.29 is 0 Å². The lowest BCUT2D eigenvalue weighted by molar-refractivity contribution is 0.208. The lowest BCUT2D eigenvalue weighted by Crippen LogP contribution is -2.37. The van der Waals surface area contributed by atoms with E-state index in [2.05, 4.69) is 44.8 Å². The Morgan fingerprint density at radius 2 is 1.64 bits per heavy atom. The SMILES string of the molecule is CN(C)CCCN(C)CC(C)(C)CN. The summed E-state index contributed by atoms with van der Waals surface area (Å²) in [7, 11) is 6.40. The van der Waals surface area contributed by atoms with Crippen molar-refractivity contribution in [2.75, 3.05) is 47.3 Å². The number of hydrogen-bond acceptors (Lipinski definition) is 3. The second-order valence-electron chi connectivity index (χ2n) is 5.26. The number of nitrogens with two attached hydrogens (primary N) is 1. The molecule has 0 saturated heterocycles. The van der Waals surface area contributed by atoms with Crippen molar-refractivity contribution in [1.29, 1.82) is 0 Å². The van der Waals surface area contributed by atoms with Crippen LogP contribution in [0.5, 0.6) is 0 Å². The van der Waals surface area contributed by atoms with Crippen LogP contribution in [0.15, 0.2) is 0 Å². The number of nitrogens with zero attached hydrogens (tertiary/aromatic N) is 2. The van der Waals surface area contributed by atoms with E-state index < -0.39 is 0 Å². The van der Waals surface area contributed by atoms with Crippen LogP contribution in [0.4, 0.5) is 0 Å². The Kier molecular flexibility index (Phi) is 6.33. The van der Waals surface area contributed by atoms with Gasteiger partial charge in [-0.3, -0.25) is 0 Å². The van der Waals surface area contributed by atoms with Gasteiger partial charge in [0, 0.05) is 6.54 Å². The van der Waals surface area contributed by atoms with Crippen LogP contribution in [-0.2, 0) is 0 Å². The maximum atomic E-state index is 5.70. The first-order valence-corrected chi connectivity index (χ1v) is 5.41. The van der Waals surface area contributed by atoms with Gasteiger partial charge in [0.2, 0.25) is 0 Å². The molecule has 0 radical (unpaired) electrons. The third kappa shape index (κ3) is 7.30. The quantitative estimate of drug-likeness (QED) is 0.663. The van der Waals surface area contributed by atoms with Gasteiger partial charge in [0.05, 0.1) is 0 Å². The lowest BCUT2D eigenvalue weighted by Gasteiger charge is -2.29. The molecular weight excluding hydrogens is 174 g/mol. The highest BCUT2D eigenvalue weighted by molar-refractivity contribution is 4.73. The van der Waals surface area contributed by atoms with Gasteiger partial charge in [-0.15, -0.1) is 0 Å². The molecule has 14 heavy (non-hydrogen) atoms. The lowest BCUT2D eigenvalue weighted by atomic mass is 9.93. The predicted molar refractivity (Wildman–Crippen MR) is 63.5 cm³/mol. The van der Waals surface area contributed by atoms with Crippen molar-refractivity contribution in [2.24, 2.45) is 11.1 Å². The Bertz CT molecular complexity index is 143. The minimum atomic E-state index is 0.243. The zero-order chi connectivity index (χ0) is 11.2. The predicted octanol–water partition coefficient (Wildman–Crippen LogP) is 0.855. The van der Waals surface area contributed by atoms with E-state index in [-0.39, 0.29) is 5.41 Å². The minimum Gasteiger partial charge on any atom is -0.330 e. The molecule has 0 aliphatic rings. The maximum Gasteiger partial charge on any atom is 0.00417 e. The summed E-state index contributed by atoms with van der Waals surface area (Å²) in [6, 6.07) is 0. The van der Waals surface area contributed by atoms with Gasteiger partial charge in [0.1, 0.15) is 0 Å². The highest BCUT2D eigenvalue weighted by atomic mass is 15.1. The molecule has 0 aliphatic carbocycles. The van der Waals surface area contributed by atoms with Crippen molar-refractivity contribution >= 4 is 0 Å². The summed E-state index contributed by atoms with van der Waals surface area (Å²) in [6.07, 6.45) is 1.23. The van der Waals surface area contributed by atoms with Crippen LogP contribution in [0.25, 0.3) is 0 Å². The molecule has 3 nitrogen and oxygen atoms in total. The van der Waals surface area contributed by atoms with E-state index in [0.717, 1.165) is 26.2 Å². The van der Waals surface area contributed by atoms with Crippen LogP contribution in [-0.4, -0.2) is 57.1 Å². The van der Waals surface area contributed by atoms with E-state index in [4.69, 9.17) is 5.73 Å². The molecule has 0 heterocycles. The summed E-state index contributed by atoms with van der Waals surface area (Å²) in [6.45, 7) is 8.59. The van der Waals surface area contributed by atoms with Crippen LogP contribution in [0.1, 0.15) is 20.3 Å². The first-order chi connectivity index (χ1) is 6.37. The molecule has 0 aromatic heterocycles. The van der Waals surface area contributed by atoms with Crippen molar-refractivity contribution in [3.05, 3.63) is 0 Å². The average Bonchev–Trinajstić information content (AvgIpc) is 2.02. The standard InChI is InChI=1S/C11H27N3/c1-11(2,9-12)10-14(5)8-6-7-13(3)4/h6-10,12H2,1-5H3. The van der Waals surface area contributed by atoms with E-state index in [1.807, 2.05) is 0 Å². The summed E-state index contributed by atoms with van der Waals surface area (Å²) >= 11 is 0. The molecule has 0 aromatic rings. The zero-order valence-corrected chi connectivity index (χ0v) is 10.5. The molecule has 0 saturated carbocycles. The summed E-state index contributed by atoms with van der Waals surface area (Å²) in [5.74, 6) is 0. The van der Waals surface area contributed by atoms with E-state index in [1.54, 1.807) is 0 Å². The first kappa shape index (κ1) is 13.9. The number of rotatable bonds is 7. The van der Waals surface area contributed by atoms with Gasteiger partial charge in [-0.2, -0.15) is 0 Å². The van der Waals surface area contributed by atoms with E-state index >= 15 is 0 Å². The Morgan fingerprint density at radius 1 is 1.07 bits per heavy atom. The molecule has 86 valence electrons. The fourth-order valence-electron chi connectivity index (χ4n) is 1.53. The Labute approximate surface area is 89.2 Å². The van der Waals surface area contributed by atoms with Gasteiger partial charge in [-0.25, -0.2) is 0 Å². The molecule has 0 rings (SSSR count).